The van der Waals surface area contributed by atoms with Crippen LogP contribution in [-0.4, -0.2) is 41.0 Å². The summed E-state index contributed by atoms with van der Waals surface area (Å²) >= 11 is 3.31. The molecule has 1 unspecified atom stereocenters. The summed E-state index contributed by atoms with van der Waals surface area (Å²) in [5, 5.41) is 3.85. The molecule has 118 valence electrons. The molecule has 1 aromatic heterocycles. The first kappa shape index (κ1) is 16.4. The summed E-state index contributed by atoms with van der Waals surface area (Å²) in [7, 11) is 0. The van der Waals surface area contributed by atoms with Crippen LogP contribution in [0.4, 0.5) is 10.9 Å². The molecule has 1 amide bonds. The van der Waals surface area contributed by atoms with Gasteiger partial charge in [-0.2, -0.15) is 11.8 Å². The van der Waals surface area contributed by atoms with Crippen molar-refractivity contribution in [3.8, 4) is 0 Å². The van der Waals surface area contributed by atoms with Crippen molar-refractivity contribution in [2.45, 2.75) is 38.4 Å². The Morgan fingerprint density at radius 2 is 2.19 bits per heavy atom. The van der Waals surface area contributed by atoms with E-state index in [1.54, 1.807) is 0 Å². The molecule has 0 spiro atoms. The summed E-state index contributed by atoms with van der Waals surface area (Å²) in [5.41, 5.74) is 5.91. The van der Waals surface area contributed by atoms with Crippen LogP contribution in [0.15, 0.2) is 0 Å². The maximum Gasteiger partial charge on any atom is 0.265 e. The van der Waals surface area contributed by atoms with Crippen LogP contribution in [0.25, 0.3) is 0 Å². The van der Waals surface area contributed by atoms with Gasteiger partial charge in [-0.25, -0.2) is 4.98 Å². The minimum atomic E-state index is -0.0999. The molecule has 1 aliphatic heterocycles. The van der Waals surface area contributed by atoms with Gasteiger partial charge in [0, 0.05) is 24.4 Å². The number of hydrogen-bond acceptors (Lipinski definition) is 6. The highest BCUT2D eigenvalue weighted by Crippen LogP contribution is 2.37. The molecule has 2 rings (SSSR count). The van der Waals surface area contributed by atoms with E-state index in [9.17, 15) is 4.79 Å². The van der Waals surface area contributed by atoms with Gasteiger partial charge in [-0.3, -0.25) is 4.79 Å². The number of hydrogen-bond donors (Lipinski definition) is 2. The monoisotopic (exact) mass is 328 g/mol. The molecule has 7 heteroatoms. The van der Waals surface area contributed by atoms with Gasteiger partial charge in [-0.15, -0.1) is 0 Å². The third-order valence-electron chi connectivity index (χ3n) is 3.81. The van der Waals surface area contributed by atoms with Gasteiger partial charge in [0.05, 0.1) is 0 Å². The van der Waals surface area contributed by atoms with Crippen molar-refractivity contribution in [2.24, 2.45) is 0 Å². The van der Waals surface area contributed by atoms with E-state index in [-0.39, 0.29) is 10.7 Å². The van der Waals surface area contributed by atoms with E-state index >= 15 is 0 Å². The fourth-order valence-electron chi connectivity index (χ4n) is 2.44. The number of aromatic nitrogens is 1. The number of amides is 1. The quantitative estimate of drug-likeness (QED) is 0.840. The van der Waals surface area contributed by atoms with Crippen LogP contribution >= 0.6 is 23.1 Å². The van der Waals surface area contributed by atoms with Crippen molar-refractivity contribution in [2.75, 3.05) is 36.0 Å². The molecule has 0 bridgehead atoms. The Balaban J connectivity index is 2.02. The molecule has 5 nitrogen and oxygen atoms in total. The summed E-state index contributed by atoms with van der Waals surface area (Å²) < 4.78 is 0.164. The SMILES string of the molecule is CCN(CC)c1nc(N)c(C(=O)NCC2(C)CCCS2)s1. The lowest BCUT2D eigenvalue weighted by atomic mass is 10.1. The summed E-state index contributed by atoms with van der Waals surface area (Å²) in [5.74, 6) is 1.42. The number of anilines is 2. The zero-order valence-electron chi connectivity index (χ0n) is 12.9. The van der Waals surface area contributed by atoms with Crippen molar-refractivity contribution in [1.82, 2.24) is 10.3 Å². The van der Waals surface area contributed by atoms with Crippen LogP contribution in [0, 0.1) is 0 Å². The maximum atomic E-state index is 12.3. The minimum Gasteiger partial charge on any atom is -0.382 e. The van der Waals surface area contributed by atoms with Gasteiger partial charge >= 0.3 is 0 Å². The second-order valence-corrected chi connectivity index (χ2v) is 8.13. The first-order valence-electron chi connectivity index (χ1n) is 7.42. The number of thioether (sulfide) groups is 1. The molecular weight excluding hydrogens is 304 g/mol. The largest absolute Gasteiger partial charge is 0.382 e. The Bertz CT molecular complexity index is 493. The minimum absolute atomic E-state index is 0.0999. The molecule has 1 aliphatic rings. The Morgan fingerprint density at radius 1 is 1.48 bits per heavy atom. The number of nitrogens with two attached hydrogens (primary N) is 1. The van der Waals surface area contributed by atoms with Crippen LogP contribution in [0.3, 0.4) is 0 Å². The Labute approximate surface area is 134 Å². The predicted molar refractivity (Wildman–Crippen MR) is 92.5 cm³/mol. The van der Waals surface area contributed by atoms with Crippen LogP contribution in [0.1, 0.15) is 43.3 Å². The number of nitrogens with one attached hydrogen (secondary N) is 1. The molecule has 2 heterocycles. The summed E-state index contributed by atoms with van der Waals surface area (Å²) in [4.78, 5) is 19.3. The number of nitrogens with zero attached hydrogens (tertiary/aromatic N) is 2. The van der Waals surface area contributed by atoms with Crippen LogP contribution in [-0.2, 0) is 0 Å². The lowest BCUT2D eigenvalue weighted by Crippen LogP contribution is -2.36. The lowest BCUT2D eigenvalue weighted by Gasteiger charge is -2.22. The van der Waals surface area contributed by atoms with E-state index in [1.165, 1.54) is 23.5 Å². The maximum absolute atomic E-state index is 12.3. The Kier molecular flexibility index (Phi) is 5.37. The molecule has 1 fully saturated rings. The standard InChI is InChI=1S/C14H24N4OS2/c1-4-18(5-2)13-17-11(15)10(21-13)12(19)16-9-14(3)7-6-8-20-14/h4-9,15H2,1-3H3,(H,16,19). The topological polar surface area (TPSA) is 71.2 Å². The van der Waals surface area contributed by atoms with Crippen LogP contribution < -0.4 is 16.0 Å². The van der Waals surface area contributed by atoms with E-state index in [0.717, 1.165) is 24.6 Å². The molecule has 0 aliphatic carbocycles. The molecule has 21 heavy (non-hydrogen) atoms. The molecule has 0 aromatic carbocycles. The molecule has 3 N–H and O–H groups in total. The van der Waals surface area contributed by atoms with E-state index in [4.69, 9.17) is 5.73 Å². The van der Waals surface area contributed by atoms with Crippen molar-refractivity contribution < 1.29 is 4.79 Å². The van der Waals surface area contributed by atoms with Gasteiger partial charge in [0.25, 0.3) is 5.91 Å². The molecular formula is C14H24N4OS2. The number of rotatable bonds is 6. The van der Waals surface area contributed by atoms with Gasteiger partial charge in [-0.05, 0) is 39.4 Å². The zero-order valence-corrected chi connectivity index (χ0v) is 14.6. The molecule has 1 atom stereocenters. The van der Waals surface area contributed by atoms with Crippen molar-refractivity contribution in [3.05, 3.63) is 4.88 Å². The fraction of sp³-hybridized carbons (Fsp3) is 0.714. The third kappa shape index (κ3) is 3.83. The zero-order chi connectivity index (χ0) is 15.5. The third-order valence-corrected chi connectivity index (χ3v) is 6.47. The lowest BCUT2D eigenvalue weighted by molar-refractivity contribution is 0.0954. The molecule has 1 aromatic rings. The number of thiazole rings is 1. The first-order chi connectivity index (χ1) is 9.99. The van der Waals surface area contributed by atoms with E-state index in [0.29, 0.717) is 17.2 Å². The van der Waals surface area contributed by atoms with Gasteiger partial charge in [0.15, 0.2) is 5.13 Å². The normalized spacial score (nSPS) is 21.5. The first-order valence-corrected chi connectivity index (χ1v) is 9.22. The Hall–Kier alpha value is -0.950. The van der Waals surface area contributed by atoms with Gasteiger partial charge < -0.3 is 16.0 Å². The average Bonchev–Trinajstić information content (AvgIpc) is 3.05. The van der Waals surface area contributed by atoms with Crippen molar-refractivity contribution in [1.29, 1.82) is 0 Å². The molecule has 1 saturated heterocycles. The number of carbonyl (C=O) groups excluding carboxylic acids is 1. The number of nitrogen functional groups attached to an aromatic ring is 1. The van der Waals surface area contributed by atoms with Crippen molar-refractivity contribution >= 4 is 40.0 Å². The van der Waals surface area contributed by atoms with Gasteiger partial charge in [0.1, 0.15) is 10.7 Å². The average molecular weight is 329 g/mol. The second-order valence-electron chi connectivity index (χ2n) is 5.47. The number of carbonyl (C=O) groups is 1. The fourth-order valence-corrected chi connectivity index (χ4v) is 4.71. The highest BCUT2D eigenvalue weighted by molar-refractivity contribution is 8.00. The Morgan fingerprint density at radius 3 is 2.76 bits per heavy atom. The molecule has 0 saturated carbocycles. The second kappa shape index (κ2) is 6.87. The van der Waals surface area contributed by atoms with Gasteiger partial charge in [-0.1, -0.05) is 11.3 Å². The highest BCUT2D eigenvalue weighted by atomic mass is 32.2. The smallest absolute Gasteiger partial charge is 0.265 e. The summed E-state index contributed by atoms with van der Waals surface area (Å²) in [6.07, 6.45) is 2.38. The summed E-state index contributed by atoms with van der Waals surface area (Å²) in [6.45, 7) is 8.76. The molecule has 0 radical (unpaired) electrons. The van der Waals surface area contributed by atoms with E-state index in [1.807, 2.05) is 11.8 Å². The summed E-state index contributed by atoms with van der Waals surface area (Å²) in [6, 6.07) is 0. The van der Waals surface area contributed by atoms with Crippen LogP contribution in [0.2, 0.25) is 0 Å². The van der Waals surface area contributed by atoms with Crippen molar-refractivity contribution in [3.63, 3.8) is 0 Å². The van der Waals surface area contributed by atoms with Gasteiger partial charge in [0.2, 0.25) is 0 Å². The van der Waals surface area contributed by atoms with E-state index < -0.39 is 0 Å². The highest BCUT2D eigenvalue weighted by Gasteiger charge is 2.30. The van der Waals surface area contributed by atoms with Crippen LogP contribution in [0.5, 0.6) is 0 Å². The predicted octanol–water partition coefficient (Wildman–Crippen LogP) is 2.59. The van der Waals surface area contributed by atoms with E-state index in [2.05, 4.69) is 36.0 Å².